The predicted octanol–water partition coefficient (Wildman–Crippen LogP) is 4.36. The van der Waals surface area contributed by atoms with Crippen LogP contribution in [0.25, 0.3) is 11.0 Å². The fraction of sp³-hybridized carbons (Fsp3) is 0.211. The fourth-order valence-electron chi connectivity index (χ4n) is 2.95. The van der Waals surface area contributed by atoms with E-state index >= 15 is 0 Å². The summed E-state index contributed by atoms with van der Waals surface area (Å²) in [6, 6.07) is 9.84. The molecule has 1 heterocycles. The van der Waals surface area contributed by atoms with Crippen LogP contribution in [0.5, 0.6) is 0 Å². The number of hydrogen-bond acceptors (Lipinski definition) is 4. The molecule has 0 aliphatic heterocycles. The summed E-state index contributed by atoms with van der Waals surface area (Å²) in [5, 5.41) is 0.624. The molecule has 130 valence electrons. The Balaban J connectivity index is 2.19. The quantitative estimate of drug-likeness (QED) is 0.704. The molecule has 2 aromatic carbocycles. The van der Waals surface area contributed by atoms with Crippen LogP contribution in [0.3, 0.4) is 0 Å². The van der Waals surface area contributed by atoms with Crippen LogP contribution in [-0.4, -0.2) is 14.2 Å². The highest BCUT2D eigenvalue weighted by Gasteiger charge is 2.21. The van der Waals surface area contributed by atoms with Gasteiger partial charge in [-0.3, -0.25) is 9.52 Å². The Kier molecular flexibility index (Phi) is 4.16. The van der Waals surface area contributed by atoms with Crippen LogP contribution in [0.15, 0.2) is 45.7 Å². The average molecular weight is 357 g/mol. The van der Waals surface area contributed by atoms with Crippen molar-refractivity contribution in [1.29, 1.82) is 0 Å². The molecule has 1 aromatic heterocycles. The topological polar surface area (TPSA) is 76.4 Å². The Morgan fingerprint density at radius 1 is 1.04 bits per heavy atom. The van der Waals surface area contributed by atoms with E-state index in [-0.39, 0.29) is 10.7 Å². The van der Waals surface area contributed by atoms with Crippen molar-refractivity contribution >= 4 is 32.5 Å². The summed E-state index contributed by atoms with van der Waals surface area (Å²) in [4.78, 5) is 12.1. The fourth-order valence-corrected chi connectivity index (χ4v) is 4.09. The second-order valence-corrected chi connectivity index (χ2v) is 7.74. The van der Waals surface area contributed by atoms with Crippen LogP contribution >= 0.6 is 0 Å². The first kappa shape index (κ1) is 17.2. The van der Waals surface area contributed by atoms with E-state index in [1.165, 1.54) is 19.1 Å². The van der Waals surface area contributed by atoms with Gasteiger partial charge in [0.05, 0.1) is 16.1 Å². The van der Waals surface area contributed by atoms with Crippen LogP contribution in [0, 0.1) is 20.8 Å². The van der Waals surface area contributed by atoms with Gasteiger partial charge in [-0.25, -0.2) is 8.42 Å². The molecule has 0 atom stereocenters. The average Bonchev–Trinajstić information content (AvgIpc) is 2.89. The maximum atomic E-state index is 12.6. The summed E-state index contributed by atoms with van der Waals surface area (Å²) in [7, 11) is -3.71. The number of fused-ring (bicyclic) bond motifs is 1. The minimum absolute atomic E-state index is 0.114. The van der Waals surface area contributed by atoms with Crippen molar-refractivity contribution in [3.63, 3.8) is 0 Å². The second kappa shape index (κ2) is 6.04. The van der Waals surface area contributed by atoms with Crippen LogP contribution in [-0.2, 0) is 10.0 Å². The van der Waals surface area contributed by atoms with E-state index in [4.69, 9.17) is 4.42 Å². The lowest BCUT2D eigenvalue weighted by Crippen LogP contribution is -2.14. The van der Waals surface area contributed by atoms with E-state index in [1.54, 1.807) is 31.2 Å². The van der Waals surface area contributed by atoms with Crippen molar-refractivity contribution in [2.24, 2.45) is 0 Å². The Bertz CT molecular complexity index is 1080. The SMILES string of the molecule is CC(=O)c1c(C)oc2c(C)c(C)c(NS(=O)(=O)c3ccccc3)cc12. The lowest BCUT2D eigenvalue weighted by atomic mass is 10.0. The zero-order valence-corrected chi connectivity index (χ0v) is 15.3. The first-order chi connectivity index (χ1) is 11.7. The smallest absolute Gasteiger partial charge is 0.261 e. The third-order valence-electron chi connectivity index (χ3n) is 4.37. The van der Waals surface area contributed by atoms with E-state index in [2.05, 4.69) is 4.72 Å². The Hall–Kier alpha value is -2.60. The summed E-state index contributed by atoms with van der Waals surface area (Å²) in [5.74, 6) is 0.421. The first-order valence-corrected chi connectivity index (χ1v) is 9.33. The molecule has 0 amide bonds. The van der Waals surface area contributed by atoms with Gasteiger partial charge in [0, 0.05) is 5.39 Å². The highest BCUT2D eigenvalue weighted by molar-refractivity contribution is 7.92. The number of ketones is 1. The largest absolute Gasteiger partial charge is 0.460 e. The highest BCUT2D eigenvalue weighted by Crippen LogP contribution is 2.35. The molecule has 0 unspecified atom stereocenters. The van der Waals surface area contributed by atoms with E-state index in [0.717, 1.165) is 11.1 Å². The van der Waals surface area contributed by atoms with Crippen molar-refractivity contribution in [1.82, 2.24) is 0 Å². The molecule has 0 fully saturated rings. The van der Waals surface area contributed by atoms with E-state index in [1.807, 2.05) is 13.8 Å². The van der Waals surface area contributed by atoms with Gasteiger partial charge in [-0.1, -0.05) is 18.2 Å². The zero-order valence-electron chi connectivity index (χ0n) is 14.5. The van der Waals surface area contributed by atoms with Gasteiger partial charge in [0.25, 0.3) is 10.0 Å². The molecule has 3 rings (SSSR count). The van der Waals surface area contributed by atoms with Gasteiger partial charge < -0.3 is 4.42 Å². The summed E-state index contributed by atoms with van der Waals surface area (Å²) >= 11 is 0. The lowest BCUT2D eigenvalue weighted by Gasteiger charge is -2.13. The molecule has 0 aliphatic carbocycles. The molecular weight excluding hydrogens is 338 g/mol. The molecule has 5 nitrogen and oxygen atoms in total. The van der Waals surface area contributed by atoms with E-state index in [0.29, 0.717) is 28.0 Å². The number of nitrogens with one attached hydrogen (secondary N) is 1. The van der Waals surface area contributed by atoms with Gasteiger partial charge in [-0.05, 0) is 57.0 Å². The number of hydrogen-bond donors (Lipinski definition) is 1. The molecule has 25 heavy (non-hydrogen) atoms. The number of furan rings is 1. The van der Waals surface area contributed by atoms with Crippen molar-refractivity contribution in [2.45, 2.75) is 32.6 Å². The summed E-state index contributed by atoms with van der Waals surface area (Å²) in [6.07, 6.45) is 0. The molecule has 0 saturated carbocycles. The molecule has 0 radical (unpaired) electrons. The summed E-state index contributed by atoms with van der Waals surface area (Å²) < 4.78 is 33.6. The molecular formula is C19H19NO4S. The van der Waals surface area contributed by atoms with Crippen molar-refractivity contribution in [3.8, 4) is 0 Å². The van der Waals surface area contributed by atoms with Crippen LogP contribution in [0.1, 0.15) is 34.2 Å². The summed E-state index contributed by atoms with van der Waals surface area (Å²) in [6.45, 7) is 6.88. The Labute approximate surface area is 146 Å². The molecule has 0 aliphatic rings. The van der Waals surface area contributed by atoms with Crippen LogP contribution < -0.4 is 4.72 Å². The number of aryl methyl sites for hydroxylation is 2. The Morgan fingerprint density at radius 3 is 2.28 bits per heavy atom. The third-order valence-corrected chi connectivity index (χ3v) is 5.75. The zero-order chi connectivity index (χ0) is 18.4. The van der Waals surface area contributed by atoms with Crippen LogP contribution in [0.4, 0.5) is 5.69 Å². The van der Waals surface area contributed by atoms with E-state index in [9.17, 15) is 13.2 Å². The van der Waals surface area contributed by atoms with Crippen molar-refractivity contribution in [3.05, 3.63) is 58.8 Å². The molecule has 1 N–H and O–H groups in total. The molecule has 0 saturated heterocycles. The van der Waals surface area contributed by atoms with Gasteiger partial charge in [-0.15, -0.1) is 0 Å². The monoisotopic (exact) mass is 357 g/mol. The van der Waals surface area contributed by atoms with Crippen LogP contribution in [0.2, 0.25) is 0 Å². The van der Waals surface area contributed by atoms with Crippen molar-refractivity contribution < 1.29 is 17.6 Å². The number of anilines is 1. The number of sulfonamides is 1. The maximum absolute atomic E-state index is 12.6. The lowest BCUT2D eigenvalue weighted by molar-refractivity contribution is 0.101. The highest BCUT2D eigenvalue weighted by atomic mass is 32.2. The number of benzene rings is 2. The number of rotatable bonds is 4. The van der Waals surface area contributed by atoms with Gasteiger partial charge in [0.15, 0.2) is 5.78 Å². The normalized spacial score (nSPS) is 11.7. The van der Waals surface area contributed by atoms with Gasteiger partial charge in [0.1, 0.15) is 11.3 Å². The molecule has 3 aromatic rings. The minimum atomic E-state index is -3.71. The number of carbonyl (C=O) groups is 1. The van der Waals surface area contributed by atoms with E-state index < -0.39 is 10.0 Å². The Morgan fingerprint density at radius 2 is 1.68 bits per heavy atom. The minimum Gasteiger partial charge on any atom is -0.460 e. The van der Waals surface area contributed by atoms with Gasteiger partial charge >= 0.3 is 0 Å². The van der Waals surface area contributed by atoms with Gasteiger partial charge in [-0.2, -0.15) is 0 Å². The van der Waals surface area contributed by atoms with Gasteiger partial charge in [0.2, 0.25) is 0 Å². The molecule has 0 bridgehead atoms. The molecule has 6 heteroatoms. The first-order valence-electron chi connectivity index (χ1n) is 7.84. The van der Waals surface area contributed by atoms with Crippen molar-refractivity contribution in [2.75, 3.05) is 4.72 Å². The molecule has 0 spiro atoms. The number of Topliss-reactive ketones (excluding diaryl/α,β-unsaturated/α-hetero) is 1. The summed E-state index contributed by atoms with van der Waals surface area (Å²) in [5.41, 5.74) is 3.10. The third kappa shape index (κ3) is 2.93. The predicted molar refractivity (Wildman–Crippen MR) is 97.7 cm³/mol. The second-order valence-electron chi connectivity index (χ2n) is 6.06. The standard InChI is InChI=1S/C19H19NO4S/c1-11-12(2)19-16(18(13(3)21)14(4)24-19)10-17(11)20-25(22,23)15-8-6-5-7-9-15/h5-10,20H,1-4H3. The number of carbonyl (C=O) groups excluding carboxylic acids is 1. The maximum Gasteiger partial charge on any atom is 0.261 e.